The lowest BCUT2D eigenvalue weighted by Crippen LogP contribution is -2.90. The zero-order chi connectivity index (χ0) is 17.8. The van der Waals surface area contributed by atoms with Crippen molar-refractivity contribution in [1.82, 2.24) is 0 Å². The minimum atomic E-state index is -1.02. The third kappa shape index (κ3) is 4.39. The molecule has 0 unspecified atom stereocenters. The maximum atomic E-state index is 11.0. The van der Waals surface area contributed by atoms with E-state index in [2.05, 4.69) is 0 Å². The summed E-state index contributed by atoms with van der Waals surface area (Å²) in [6, 6.07) is 12.6. The summed E-state index contributed by atoms with van der Waals surface area (Å²) in [5.41, 5.74) is 2.00. The summed E-state index contributed by atoms with van der Waals surface area (Å²) in [5.74, 6) is 0.771. The van der Waals surface area contributed by atoms with Gasteiger partial charge in [-0.05, 0) is 35.9 Å². The fraction of sp³-hybridized carbons (Fsp3) is 0.278. The average Bonchev–Trinajstić information content (AvgIpc) is 3.11. The lowest BCUT2D eigenvalue weighted by molar-refractivity contribution is -0.690. The number of carboxylic acids is 1. The fourth-order valence-corrected chi connectivity index (χ4v) is 4.03. The van der Waals surface area contributed by atoms with Gasteiger partial charge in [-0.15, -0.1) is 0 Å². The van der Waals surface area contributed by atoms with E-state index in [1.165, 1.54) is 0 Å². The van der Waals surface area contributed by atoms with Crippen LogP contribution in [-0.2, 0) is 11.4 Å². The number of quaternary nitrogens is 1. The SMILES string of the molecule is COc1cc([C@@H]2[NH2+][C@H](C(=O)[O-])CS2)ccc1OCc1ccc(Cl)cc1. The maximum absolute atomic E-state index is 11.0. The van der Waals surface area contributed by atoms with Crippen LogP contribution in [0.25, 0.3) is 0 Å². The molecule has 2 atom stereocenters. The number of hydrogen-bond acceptors (Lipinski definition) is 5. The molecule has 3 rings (SSSR count). The van der Waals surface area contributed by atoms with E-state index in [0.717, 1.165) is 11.1 Å². The first kappa shape index (κ1) is 17.9. The Morgan fingerprint density at radius 3 is 2.68 bits per heavy atom. The van der Waals surface area contributed by atoms with Crippen molar-refractivity contribution in [3.05, 3.63) is 58.6 Å². The van der Waals surface area contributed by atoms with Crippen LogP contribution >= 0.6 is 23.4 Å². The van der Waals surface area contributed by atoms with Crippen molar-refractivity contribution in [2.75, 3.05) is 12.9 Å². The second kappa shape index (κ2) is 7.99. The molecule has 0 amide bonds. The minimum absolute atomic E-state index is 0.0158. The minimum Gasteiger partial charge on any atom is -0.544 e. The van der Waals surface area contributed by atoms with E-state index in [1.807, 2.05) is 47.8 Å². The number of thioether (sulfide) groups is 1. The van der Waals surface area contributed by atoms with Crippen molar-refractivity contribution < 1.29 is 24.7 Å². The van der Waals surface area contributed by atoms with Crippen molar-refractivity contribution in [2.24, 2.45) is 0 Å². The number of ether oxygens (including phenoxy) is 2. The van der Waals surface area contributed by atoms with Crippen LogP contribution in [0.4, 0.5) is 0 Å². The van der Waals surface area contributed by atoms with E-state index < -0.39 is 12.0 Å². The Bertz CT molecular complexity index is 753. The first-order valence-electron chi connectivity index (χ1n) is 7.79. The Morgan fingerprint density at radius 1 is 1.28 bits per heavy atom. The summed E-state index contributed by atoms with van der Waals surface area (Å²) >= 11 is 7.46. The second-order valence-corrected chi connectivity index (χ2v) is 7.31. The smallest absolute Gasteiger partial charge is 0.161 e. The highest BCUT2D eigenvalue weighted by Crippen LogP contribution is 2.34. The van der Waals surface area contributed by atoms with Crippen molar-refractivity contribution >= 4 is 29.3 Å². The van der Waals surface area contributed by atoms with Crippen LogP contribution in [-0.4, -0.2) is 24.9 Å². The predicted octanol–water partition coefficient (Wildman–Crippen LogP) is 1.35. The van der Waals surface area contributed by atoms with Gasteiger partial charge in [0.2, 0.25) is 0 Å². The van der Waals surface area contributed by atoms with Crippen LogP contribution in [0.15, 0.2) is 42.5 Å². The van der Waals surface area contributed by atoms with Gasteiger partial charge in [-0.25, -0.2) is 0 Å². The lowest BCUT2D eigenvalue weighted by Gasteiger charge is -2.15. The molecular weight excluding hydrogens is 362 g/mol. The quantitative estimate of drug-likeness (QED) is 0.820. The number of carbonyl (C=O) groups is 1. The molecule has 25 heavy (non-hydrogen) atoms. The number of methoxy groups -OCH3 is 1. The number of benzene rings is 2. The van der Waals surface area contributed by atoms with Crippen LogP contribution in [0.1, 0.15) is 16.5 Å². The van der Waals surface area contributed by atoms with Gasteiger partial charge in [0.1, 0.15) is 18.6 Å². The van der Waals surface area contributed by atoms with Gasteiger partial charge in [0.05, 0.1) is 12.9 Å². The second-order valence-electron chi connectivity index (χ2n) is 5.70. The van der Waals surface area contributed by atoms with E-state index in [9.17, 15) is 9.90 Å². The summed E-state index contributed by atoms with van der Waals surface area (Å²) in [5, 5.41) is 13.5. The number of carbonyl (C=O) groups excluding carboxylic acids is 1. The Labute approximate surface area is 155 Å². The molecule has 5 nitrogen and oxygen atoms in total. The molecular formula is C18H18ClNO4S. The normalized spacial score (nSPS) is 19.6. The zero-order valence-corrected chi connectivity index (χ0v) is 15.2. The Kier molecular flexibility index (Phi) is 5.73. The number of rotatable bonds is 6. The molecule has 1 aliphatic heterocycles. The van der Waals surface area contributed by atoms with Crippen molar-refractivity contribution in [1.29, 1.82) is 0 Å². The highest BCUT2D eigenvalue weighted by molar-refractivity contribution is 7.99. The highest BCUT2D eigenvalue weighted by Gasteiger charge is 2.31. The maximum Gasteiger partial charge on any atom is 0.161 e. The number of hydrogen-bond donors (Lipinski definition) is 1. The molecule has 2 aromatic rings. The summed E-state index contributed by atoms with van der Waals surface area (Å²) in [7, 11) is 1.59. The molecule has 0 spiro atoms. The molecule has 132 valence electrons. The van der Waals surface area contributed by atoms with Gasteiger partial charge in [-0.1, -0.05) is 35.5 Å². The predicted molar refractivity (Wildman–Crippen MR) is 94.7 cm³/mol. The summed E-state index contributed by atoms with van der Waals surface area (Å²) in [4.78, 5) is 11.0. The van der Waals surface area contributed by atoms with Gasteiger partial charge in [0.25, 0.3) is 0 Å². The van der Waals surface area contributed by atoms with Gasteiger partial charge in [-0.3, -0.25) is 0 Å². The van der Waals surface area contributed by atoms with Crippen LogP contribution in [0.2, 0.25) is 5.02 Å². The van der Waals surface area contributed by atoms with E-state index in [0.29, 0.717) is 28.9 Å². The Morgan fingerprint density at radius 2 is 2.04 bits per heavy atom. The first-order chi connectivity index (χ1) is 12.1. The van der Waals surface area contributed by atoms with Crippen LogP contribution < -0.4 is 19.9 Å². The van der Waals surface area contributed by atoms with E-state index in [-0.39, 0.29) is 5.37 Å². The highest BCUT2D eigenvalue weighted by atomic mass is 35.5. The molecule has 7 heteroatoms. The van der Waals surface area contributed by atoms with Crippen molar-refractivity contribution in [3.63, 3.8) is 0 Å². The molecule has 0 saturated carbocycles. The third-order valence-corrected chi connectivity index (χ3v) is 5.58. The number of carboxylic acid groups (broad SMARTS) is 1. The van der Waals surface area contributed by atoms with Gasteiger partial charge >= 0.3 is 0 Å². The van der Waals surface area contributed by atoms with Gasteiger partial charge < -0.3 is 24.7 Å². The van der Waals surface area contributed by atoms with E-state index in [1.54, 1.807) is 18.9 Å². The molecule has 0 radical (unpaired) electrons. The zero-order valence-electron chi connectivity index (χ0n) is 13.6. The van der Waals surface area contributed by atoms with E-state index >= 15 is 0 Å². The molecule has 1 heterocycles. The van der Waals surface area contributed by atoms with E-state index in [4.69, 9.17) is 21.1 Å². The topological polar surface area (TPSA) is 75.2 Å². The number of nitrogens with two attached hydrogens (primary N) is 1. The molecule has 2 N–H and O–H groups in total. The van der Waals surface area contributed by atoms with Gasteiger partial charge in [0.15, 0.2) is 16.9 Å². The fourth-order valence-electron chi connectivity index (χ4n) is 2.61. The molecule has 2 aromatic carbocycles. The van der Waals surface area contributed by atoms with Gasteiger partial charge in [-0.2, -0.15) is 0 Å². The summed E-state index contributed by atoms with van der Waals surface area (Å²) in [6.45, 7) is 0.407. The van der Waals surface area contributed by atoms with Crippen molar-refractivity contribution in [2.45, 2.75) is 18.0 Å². The number of halogens is 1. The van der Waals surface area contributed by atoms with Gasteiger partial charge in [0, 0.05) is 10.6 Å². The molecule has 1 aliphatic rings. The van der Waals surface area contributed by atoms with Crippen LogP contribution in [0.3, 0.4) is 0 Å². The molecule has 1 fully saturated rings. The van der Waals surface area contributed by atoms with Crippen molar-refractivity contribution in [3.8, 4) is 11.5 Å². The molecule has 0 aromatic heterocycles. The number of aliphatic carboxylic acids is 1. The van der Waals surface area contributed by atoms with Crippen LogP contribution in [0.5, 0.6) is 11.5 Å². The van der Waals surface area contributed by atoms with Crippen LogP contribution in [0, 0.1) is 0 Å². The molecule has 0 bridgehead atoms. The third-order valence-electron chi connectivity index (χ3n) is 3.99. The summed E-state index contributed by atoms with van der Waals surface area (Å²) < 4.78 is 11.3. The Hall–Kier alpha value is -1.89. The largest absolute Gasteiger partial charge is 0.544 e. The standard InChI is InChI=1S/C18H18ClNO4S/c1-23-16-8-12(17-20-14(10-25-17)18(21)22)4-7-15(16)24-9-11-2-5-13(19)6-3-11/h2-8,14,17,20H,9-10H2,1H3,(H,21,22)/t14-,17+/m0/s1. The summed E-state index contributed by atoms with van der Waals surface area (Å²) in [6.07, 6.45) is 0. The first-order valence-corrected chi connectivity index (χ1v) is 9.22. The lowest BCUT2D eigenvalue weighted by atomic mass is 10.2. The molecule has 0 aliphatic carbocycles. The Balaban J connectivity index is 1.69. The average molecular weight is 380 g/mol. The monoisotopic (exact) mass is 379 g/mol. The molecule has 1 saturated heterocycles.